The Morgan fingerprint density at radius 1 is 1.10 bits per heavy atom. The Bertz CT molecular complexity index is 369. The summed E-state index contributed by atoms with van der Waals surface area (Å²) in [5.41, 5.74) is 0. The lowest BCUT2D eigenvalue weighted by atomic mass is 9.78. The highest BCUT2D eigenvalue weighted by molar-refractivity contribution is 5.85. The molecule has 20 heavy (non-hydrogen) atoms. The van der Waals surface area contributed by atoms with Crippen LogP contribution in [0.15, 0.2) is 0 Å². The van der Waals surface area contributed by atoms with E-state index in [1.165, 1.54) is 6.42 Å². The van der Waals surface area contributed by atoms with Gasteiger partial charge in [0.15, 0.2) is 0 Å². The first-order valence-electron chi connectivity index (χ1n) is 8.07. The van der Waals surface area contributed by atoms with Crippen LogP contribution in [-0.4, -0.2) is 23.0 Å². The average molecular weight is 281 g/mol. The van der Waals surface area contributed by atoms with Crippen LogP contribution < -0.4 is 5.32 Å². The summed E-state index contributed by atoms with van der Waals surface area (Å²) in [5, 5.41) is 12.4. The molecule has 0 aromatic rings. The predicted octanol–water partition coefficient (Wildman–Crippen LogP) is 2.82. The number of amides is 1. The van der Waals surface area contributed by atoms with Crippen molar-refractivity contribution in [3.05, 3.63) is 0 Å². The molecule has 0 bridgehead atoms. The summed E-state index contributed by atoms with van der Waals surface area (Å²) in [6, 6.07) is 0.240. The number of hydrogen-bond donors (Lipinski definition) is 2. The van der Waals surface area contributed by atoms with Gasteiger partial charge in [-0.25, -0.2) is 0 Å². The molecular formula is C16H27NO3. The molecule has 4 nitrogen and oxygen atoms in total. The normalized spacial score (nSPS) is 37.6. The Morgan fingerprint density at radius 3 is 2.30 bits per heavy atom. The van der Waals surface area contributed by atoms with Gasteiger partial charge in [-0.3, -0.25) is 9.59 Å². The third-order valence-electron chi connectivity index (χ3n) is 5.50. The lowest BCUT2D eigenvalue weighted by molar-refractivity contribution is -0.149. The number of carbonyl (C=O) groups excluding carboxylic acids is 1. The largest absolute Gasteiger partial charge is 0.481 e. The molecule has 2 saturated carbocycles. The summed E-state index contributed by atoms with van der Waals surface area (Å²) in [4.78, 5) is 23.7. The summed E-state index contributed by atoms with van der Waals surface area (Å²) >= 11 is 0. The van der Waals surface area contributed by atoms with E-state index in [4.69, 9.17) is 0 Å². The van der Waals surface area contributed by atoms with Crippen LogP contribution in [0.4, 0.5) is 0 Å². The summed E-state index contributed by atoms with van der Waals surface area (Å²) in [6.45, 7) is 4.41. The van der Waals surface area contributed by atoms with Crippen LogP contribution in [0.5, 0.6) is 0 Å². The van der Waals surface area contributed by atoms with Gasteiger partial charge in [0.05, 0.1) is 11.8 Å². The zero-order valence-electron chi connectivity index (χ0n) is 12.6. The standard InChI is InChI=1S/C16H27NO3/c1-3-11-8-9-14(10(11)2)17-15(18)12-6-4-5-7-13(12)16(19)20/h10-14H,3-9H2,1-2H3,(H,17,18)(H,19,20). The van der Waals surface area contributed by atoms with Gasteiger partial charge in [0.1, 0.15) is 0 Å². The maximum absolute atomic E-state index is 12.4. The molecule has 2 aliphatic rings. The molecule has 5 unspecified atom stereocenters. The van der Waals surface area contributed by atoms with Gasteiger partial charge in [-0.05, 0) is 37.5 Å². The quantitative estimate of drug-likeness (QED) is 0.832. The SMILES string of the molecule is CCC1CCC(NC(=O)C2CCCCC2C(=O)O)C1C. The molecule has 114 valence electrons. The Morgan fingerprint density at radius 2 is 1.75 bits per heavy atom. The van der Waals surface area contributed by atoms with E-state index in [0.717, 1.165) is 32.1 Å². The second-order valence-electron chi connectivity index (χ2n) is 6.56. The van der Waals surface area contributed by atoms with Crippen LogP contribution >= 0.6 is 0 Å². The Balaban J connectivity index is 1.95. The summed E-state index contributed by atoms with van der Waals surface area (Å²) < 4.78 is 0. The maximum Gasteiger partial charge on any atom is 0.307 e. The van der Waals surface area contributed by atoms with Gasteiger partial charge in [-0.1, -0.05) is 33.1 Å². The molecule has 0 aromatic heterocycles. The lowest BCUT2D eigenvalue weighted by Gasteiger charge is -2.30. The van der Waals surface area contributed by atoms with E-state index in [0.29, 0.717) is 18.3 Å². The van der Waals surface area contributed by atoms with Crippen molar-refractivity contribution in [1.29, 1.82) is 0 Å². The van der Waals surface area contributed by atoms with Crippen molar-refractivity contribution in [3.63, 3.8) is 0 Å². The molecule has 0 heterocycles. The highest BCUT2D eigenvalue weighted by Gasteiger charge is 2.38. The highest BCUT2D eigenvalue weighted by atomic mass is 16.4. The Labute approximate surface area is 121 Å². The maximum atomic E-state index is 12.4. The van der Waals surface area contributed by atoms with Crippen molar-refractivity contribution >= 4 is 11.9 Å². The van der Waals surface area contributed by atoms with Crippen molar-refractivity contribution in [1.82, 2.24) is 5.32 Å². The van der Waals surface area contributed by atoms with E-state index < -0.39 is 11.9 Å². The Kier molecular flexibility index (Phi) is 5.06. The van der Waals surface area contributed by atoms with Crippen LogP contribution in [0.25, 0.3) is 0 Å². The highest BCUT2D eigenvalue weighted by Crippen LogP contribution is 2.35. The van der Waals surface area contributed by atoms with Crippen molar-refractivity contribution in [2.24, 2.45) is 23.7 Å². The molecule has 4 heteroatoms. The number of nitrogens with one attached hydrogen (secondary N) is 1. The van der Waals surface area contributed by atoms with Crippen LogP contribution in [0.1, 0.15) is 58.8 Å². The van der Waals surface area contributed by atoms with Crippen molar-refractivity contribution in [3.8, 4) is 0 Å². The first-order valence-corrected chi connectivity index (χ1v) is 8.07. The van der Waals surface area contributed by atoms with Gasteiger partial charge in [0.2, 0.25) is 5.91 Å². The van der Waals surface area contributed by atoms with Crippen molar-refractivity contribution in [2.75, 3.05) is 0 Å². The number of carboxylic acid groups (broad SMARTS) is 1. The molecule has 2 rings (SSSR count). The number of rotatable bonds is 4. The fraction of sp³-hybridized carbons (Fsp3) is 0.875. The average Bonchev–Trinajstić information content (AvgIpc) is 2.79. The topological polar surface area (TPSA) is 66.4 Å². The molecule has 1 amide bonds. The van der Waals surface area contributed by atoms with E-state index in [-0.39, 0.29) is 17.9 Å². The zero-order valence-corrected chi connectivity index (χ0v) is 12.6. The summed E-state index contributed by atoms with van der Waals surface area (Å²) in [6.07, 6.45) is 6.64. The summed E-state index contributed by atoms with van der Waals surface area (Å²) in [5.74, 6) is -0.434. The van der Waals surface area contributed by atoms with Gasteiger partial charge in [-0.15, -0.1) is 0 Å². The minimum absolute atomic E-state index is 0.0225. The minimum atomic E-state index is -0.809. The summed E-state index contributed by atoms with van der Waals surface area (Å²) in [7, 11) is 0. The van der Waals surface area contributed by atoms with Gasteiger partial charge in [-0.2, -0.15) is 0 Å². The van der Waals surface area contributed by atoms with Crippen molar-refractivity contribution in [2.45, 2.75) is 64.8 Å². The molecule has 0 aliphatic heterocycles. The first kappa shape index (κ1) is 15.3. The smallest absolute Gasteiger partial charge is 0.307 e. The third kappa shape index (κ3) is 3.15. The van der Waals surface area contributed by atoms with Crippen LogP contribution in [0.3, 0.4) is 0 Å². The number of carboxylic acids is 1. The zero-order chi connectivity index (χ0) is 14.7. The molecule has 2 fully saturated rings. The van der Waals surface area contributed by atoms with Gasteiger partial charge in [0, 0.05) is 6.04 Å². The fourth-order valence-electron chi connectivity index (χ4n) is 4.06. The molecule has 0 saturated heterocycles. The van der Waals surface area contributed by atoms with Crippen molar-refractivity contribution < 1.29 is 14.7 Å². The number of carbonyl (C=O) groups is 2. The molecule has 0 radical (unpaired) electrons. The molecule has 0 spiro atoms. The number of hydrogen-bond acceptors (Lipinski definition) is 2. The van der Waals surface area contributed by atoms with Crippen LogP contribution in [-0.2, 0) is 9.59 Å². The minimum Gasteiger partial charge on any atom is -0.481 e. The Hall–Kier alpha value is -1.06. The van der Waals surface area contributed by atoms with E-state index in [1.54, 1.807) is 0 Å². The third-order valence-corrected chi connectivity index (χ3v) is 5.50. The first-order chi connectivity index (χ1) is 9.54. The molecule has 2 N–H and O–H groups in total. The molecular weight excluding hydrogens is 254 g/mol. The molecule has 0 aromatic carbocycles. The van der Waals surface area contributed by atoms with Gasteiger partial charge < -0.3 is 10.4 Å². The number of aliphatic carboxylic acids is 1. The van der Waals surface area contributed by atoms with Gasteiger partial charge in [0.25, 0.3) is 0 Å². The second kappa shape index (κ2) is 6.59. The monoisotopic (exact) mass is 281 g/mol. The molecule has 2 aliphatic carbocycles. The second-order valence-corrected chi connectivity index (χ2v) is 6.56. The molecule has 5 atom stereocenters. The predicted molar refractivity (Wildman–Crippen MR) is 77.2 cm³/mol. The van der Waals surface area contributed by atoms with E-state index in [9.17, 15) is 14.7 Å². The van der Waals surface area contributed by atoms with Crippen LogP contribution in [0, 0.1) is 23.7 Å². The fourth-order valence-corrected chi connectivity index (χ4v) is 4.06. The van der Waals surface area contributed by atoms with E-state index >= 15 is 0 Å². The van der Waals surface area contributed by atoms with Crippen LogP contribution in [0.2, 0.25) is 0 Å². The van der Waals surface area contributed by atoms with Gasteiger partial charge >= 0.3 is 5.97 Å². The lowest BCUT2D eigenvalue weighted by Crippen LogP contribution is -2.45. The van der Waals surface area contributed by atoms with E-state index in [2.05, 4.69) is 19.2 Å². The van der Waals surface area contributed by atoms with E-state index in [1.807, 2.05) is 0 Å².